The first-order valence-electron chi connectivity index (χ1n) is 7.92. The summed E-state index contributed by atoms with van der Waals surface area (Å²) < 4.78 is 0. The van der Waals surface area contributed by atoms with Gasteiger partial charge in [-0.1, -0.05) is 23.7 Å². The lowest BCUT2D eigenvalue weighted by Gasteiger charge is -2.32. The molecule has 0 aliphatic carbocycles. The summed E-state index contributed by atoms with van der Waals surface area (Å²) in [6, 6.07) is 8.67. The number of aryl methyl sites for hydroxylation is 1. The molecule has 1 aromatic heterocycles. The Morgan fingerprint density at radius 1 is 1.20 bits per heavy atom. The molecule has 0 atom stereocenters. The van der Waals surface area contributed by atoms with Gasteiger partial charge in [-0.15, -0.1) is 0 Å². The van der Waals surface area contributed by atoms with Gasteiger partial charge in [0, 0.05) is 31.9 Å². The van der Waals surface area contributed by atoms with Crippen molar-refractivity contribution in [2.24, 2.45) is 0 Å². The number of para-hydroxylation sites is 1. The van der Waals surface area contributed by atoms with Crippen LogP contribution in [0.4, 0.5) is 11.6 Å². The van der Waals surface area contributed by atoms with E-state index in [0.717, 1.165) is 6.41 Å². The van der Waals surface area contributed by atoms with Gasteiger partial charge in [0.2, 0.25) is 12.4 Å². The predicted molar refractivity (Wildman–Crippen MR) is 96.0 cm³/mol. The highest BCUT2D eigenvalue weighted by Gasteiger charge is 2.20. The van der Waals surface area contributed by atoms with Crippen molar-refractivity contribution in [3.63, 3.8) is 0 Å². The highest BCUT2D eigenvalue weighted by Crippen LogP contribution is 2.21. The lowest BCUT2D eigenvalue weighted by molar-refractivity contribution is -0.118. The van der Waals surface area contributed by atoms with E-state index in [9.17, 15) is 9.59 Å². The number of rotatable bonds is 4. The molecule has 25 heavy (non-hydrogen) atoms. The van der Waals surface area contributed by atoms with Crippen LogP contribution in [0.15, 0.2) is 30.3 Å². The van der Waals surface area contributed by atoms with Gasteiger partial charge in [-0.25, -0.2) is 9.97 Å². The maximum absolute atomic E-state index is 12.5. The van der Waals surface area contributed by atoms with Gasteiger partial charge in [-0.2, -0.15) is 0 Å². The largest absolute Gasteiger partial charge is 0.342 e. The minimum Gasteiger partial charge on any atom is -0.342 e. The van der Waals surface area contributed by atoms with E-state index >= 15 is 0 Å². The lowest BCUT2D eigenvalue weighted by Crippen LogP contribution is -2.46. The van der Waals surface area contributed by atoms with Crippen LogP contribution in [-0.2, 0) is 4.79 Å². The Hall–Kier alpha value is -2.67. The van der Waals surface area contributed by atoms with Crippen molar-refractivity contribution in [2.75, 3.05) is 36.4 Å². The molecular formula is C17H18ClN5O2. The van der Waals surface area contributed by atoms with Gasteiger partial charge in [-0.05, 0) is 25.1 Å². The third-order valence-electron chi connectivity index (χ3n) is 3.94. The average molecular weight is 360 g/mol. The number of piperazine rings is 1. The zero-order valence-corrected chi connectivity index (χ0v) is 14.5. The van der Waals surface area contributed by atoms with Gasteiger partial charge >= 0.3 is 0 Å². The van der Waals surface area contributed by atoms with Crippen molar-refractivity contribution in [1.29, 1.82) is 0 Å². The SMILES string of the molecule is Cc1cc(C(=O)Nc2ccccc2Cl)nc(N2CCN(C=O)CC2)n1. The number of carbonyl (C=O) groups is 2. The second kappa shape index (κ2) is 7.48. The fourth-order valence-corrected chi connectivity index (χ4v) is 2.77. The van der Waals surface area contributed by atoms with E-state index in [0.29, 0.717) is 48.5 Å². The van der Waals surface area contributed by atoms with Crippen LogP contribution in [0.5, 0.6) is 0 Å². The molecule has 3 rings (SSSR count). The quantitative estimate of drug-likeness (QED) is 0.844. The molecule has 8 heteroatoms. The van der Waals surface area contributed by atoms with Gasteiger partial charge in [0.05, 0.1) is 10.7 Å². The summed E-state index contributed by atoms with van der Waals surface area (Å²) in [5.41, 5.74) is 1.51. The third kappa shape index (κ3) is 4.06. The van der Waals surface area contributed by atoms with Gasteiger partial charge in [0.15, 0.2) is 0 Å². The monoisotopic (exact) mass is 359 g/mol. The van der Waals surface area contributed by atoms with E-state index in [1.165, 1.54) is 0 Å². The van der Waals surface area contributed by atoms with Crippen LogP contribution < -0.4 is 10.2 Å². The molecule has 1 aliphatic rings. The Labute approximate surface area is 150 Å². The molecule has 1 fully saturated rings. The molecule has 2 amide bonds. The van der Waals surface area contributed by atoms with Gasteiger partial charge in [-0.3, -0.25) is 9.59 Å². The van der Waals surface area contributed by atoms with Crippen molar-refractivity contribution in [3.05, 3.63) is 46.7 Å². The molecule has 0 radical (unpaired) electrons. The fourth-order valence-electron chi connectivity index (χ4n) is 2.59. The van der Waals surface area contributed by atoms with E-state index in [4.69, 9.17) is 11.6 Å². The molecule has 1 aromatic carbocycles. The minimum atomic E-state index is -0.341. The number of hydrogen-bond donors (Lipinski definition) is 1. The van der Waals surface area contributed by atoms with Crippen LogP contribution in [-0.4, -0.2) is 53.4 Å². The molecule has 1 aliphatic heterocycles. The molecule has 7 nitrogen and oxygen atoms in total. The van der Waals surface area contributed by atoms with Gasteiger partial charge in [0.1, 0.15) is 5.69 Å². The minimum absolute atomic E-state index is 0.278. The number of nitrogens with one attached hydrogen (secondary N) is 1. The summed E-state index contributed by atoms with van der Waals surface area (Å²) in [6.45, 7) is 4.31. The van der Waals surface area contributed by atoms with Gasteiger partial charge < -0.3 is 15.1 Å². The van der Waals surface area contributed by atoms with E-state index in [2.05, 4.69) is 15.3 Å². The number of carbonyl (C=O) groups excluding carboxylic acids is 2. The van der Waals surface area contributed by atoms with Crippen LogP contribution in [0.2, 0.25) is 5.02 Å². The molecule has 0 saturated carbocycles. The number of anilines is 2. The first-order valence-corrected chi connectivity index (χ1v) is 8.30. The number of nitrogens with zero attached hydrogens (tertiary/aromatic N) is 4. The van der Waals surface area contributed by atoms with Crippen LogP contribution >= 0.6 is 11.6 Å². The van der Waals surface area contributed by atoms with Crippen molar-refractivity contribution in [2.45, 2.75) is 6.92 Å². The summed E-state index contributed by atoms with van der Waals surface area (Å²) in [5, 5.41) is 3.23. The number of amides is 2. The Morgan fingerprint density at radius 3 is 2.60 bits per heavy atom. The number of benzene rings is 1. The predicted octanol–water partition coefficient (Wildman–Crippen LogP) is 1.97. The summed E-state index contributed by atoms with van der Waals surface area (Å²) >= 11 is 6.08. The molecule has 1 N–H and O–H groups in total. The zero-order valence-electron chi connectivity index (χ0n) is 13.8. The van der Waals surface area contributed by atoms with Crippen LogP contribution in [0.3, 0.4) is 0 Å². The van der Waals surface area contributed by atoms with E-state index in [1.54, 1.807) is 35.2 Å². The number of aromatic nitrogens is 2. The summed E-state index contributed by atoms with van der Waals surface area (Å²) in [5.74, 6) is 0.154. The maximum atomic E-state index is 12.5. The molecule has 2 aromatic rings. The van der Waals surface area contributed by atoms with E-state index in [-0.39, 0.29) is 11.6 Å². The molecule has 1 saturated heterocycles. The standard InChI is InChI=1S/C17H18ClN5O2/c1-12-10-15(16(25)20-14-5-3-2-4-13(14)18)21-17(19-12)23-8-6-22(11-24)7-9-23/h2-5,10-11H,6-9H2,1H3,(H,20,25). The van der Waals surface area contributed by atoms with Crippen molar-refractivity contribution in [3.8, 4) is 0 Å². The highest BCUT2D eigenvalue weighted by atomic mass is 35.5. The first-order chi connectivity index (χ1) is 12.1. The second-order valence-electron chi connectivity index (χ2n) is 5.76. The Kier molecular flexibility index (Phi) is 5.14. The maximum Gasteiger partial charge on any atom is 0.274 e. The lowest BCUT2D eigenvalue weighted by atomic mass is 10.2. The highest BCUT2D eigenvalue weighted by molar-refractivity contribution is 6.33. The topological polar surface area (TPSA) is 78.4 Å². The van der Waals surface area contributed by atoms with Crippen molar-refractivity contribution >= 4 is 35.6 Å². The van der Waals surface area contributed by atoms with Crippen molar-refractivity contribution in [1.82, 2.24) is 14.9 Å². The zero-order chi connectivity index (χ0) is 17.8. The summed E-state index contributed by atoms with van der Waals surface area (Å²) in [6.07, 6.45) is 0.844. The number of hydrogen-bond acceptors (Lipinski definition) is 5. The van der Waals surface area contributed by atoms with Crippen LogP contribution in [0.25, 0.3) is 0 Å². The molecule has 0 bridgehead atoms. The summed E-state index contributed by atoms with van der Waals surface area (Å²) in [7, 11) is 0. The van der Waals surface area contributed by atoms with Crippen LogP contribution in [0.1, 0.15) is 16.2 Å². The molecule has 2 heterocycles. The van der Waals surface area contributed by atoms with Crippen LogP contribution in [0, 0.1) is 6.92 Å². The van der Waals surface area contributed by atoms with E-state index < -0.39 is 0 Å². The first kappa shape index (κ1) is 17.2. The Bertz CT molecular complexity index is 790. The molecule has 0 unspecified atom stereocenters. The number of halogens is 1. The second-order valence-corrected chi connectivity index (χ2v) is 6.16. The normalized spacial score (nSPS) is 14.3. The Balaban J connectivity index is 1.78. The molecular weight excluding hydrogens is 342 g/mol. The fraction of sp³-hybridized carbons (Fsp3) is 0.294. The average Bonchev–Trinajstić information content (AvgIpc) is 2.63. The molecule has 0 spiro atoms. The molecule has 130 valence electrons. The van der Waals surface area contributed by atoms with Crippen molar-refractivity contribution < 1.29 is 9.59 Å². The van der Waals surface area contributed by atoms with Gasteiger partial charge in [0.25, 0.3) is 5.91 Å². The Morgan fingerprint density at radius 2 is 1.92 bits per heavy atom. The third-order valence-corrected chi connectivity index (χ3v) is 4.27. The smallest absolute Gasteiger partial charge is 0.274 e. The summed E-state index contributed by atoms with van der Waals surface area (Å²) in [4.78, 5) is 35.8. The van der Waals surface area contributed by atoms with E-state index in [1.807, 2.05) is 11.8 Å².